The van der Waals surface area contributed by atoms with E-state index >= 15 is 0 Å². The second kappa shape index (κ2) is 20.2. The molecule has 12 nitrogen and oxygen atoms in total. The average Bonchev–Trinajstić information content (AvgIpc) is 3.08. The maximum absolute atomic E-state index is 13.1. The summed E-state index contributed by atoms with van der Waals surface area (Å²) in [5, 5.41) is 21.6. The molecule has 2 aromatic heterocycles. The summed E-state index contributed by atoms with van der Waals surface area (Å²) in [5.41, 5.74) is 2.72. The predicted octanol–water partition coefficient (Wildman–Crippen LogP) is 3.53. The molecule has 47 heavy (non-hydrogen) atoms. The number of carbonyl (C=O) groups is 2. The first-order valence-corrected chi connectivity index (χ1v) is 13.7. The van der Waals surface area contributed by atoms with E-state index < -0.39 is 17.8 Å². The first-order chi connectivity index (χ1) is 22.7. The first kappa shape index (κ1) is 37.4. The number of aliphatic hydroxyl groups is 1. The molecule has 0 aliphatic rings. The van der Waals surface area contributed by atoms with E-state index in [4.69, 9.17) is 14.7 Å². The summed E-state index contributed by atoms with van der Waals surface area (Å²) in [6, 6.07) is 21.8. The molecule has 2 amide bonds. The van der Waals surface area contributed by atoms with Crippen LogP contribution >= 0.6 is 0 Å². The van der Waals surface area contributed by atoms with Crippen LogP contribution in [0.5, 0.6) is 5.88 Å². The van der Waals surface area contributed by atoms with E-state index in [0.29, 0.717) is 22.3 Å². The van der Waals surface area contributed by atoms with Crippen LogP contribution in [-0.2, 0) is 32.5 Å². The molecule has 0 unspecified atom stereocenters. The lowest BCUT2D eigenvalue weighted by molar-refractivity contribution is -0.115. The van der Waals surface area contributed by atoms with Crippen molar-refractivity contribution in [3.05, 3.63) is 125 Å². The number of hydrogen-bond acceptors (Lipinski definition) is 10. The fourth-order valence-electron chi connectivity index (χ4n) is 3.62. The number of halogens is 3. The summed E-state index contributed by atoms with van der Waals surface area (Å²) in [6.45, 7) is -0.0533. The number of aromatic nitrogens is 2. The van der Waals surface area contributed by atoms with Crippen LogP contribution in [0.1, 0.15) is 22.3 Å². The number of ether oxygens (including phenoxy) is 1. The van der Waals surface area contributed by atoms with Gasteiger partial charge in [0.25, 0.3) is 11.8 Å². The van der Waals surface area contributed by atoms with E-state index in [-0.39, 0.29) is 42.3 Å². The van der Waals surface area contributed by atoms with Crippen molar-refractivity contribution in [2.75, 3.05) is 28.3 Å². The Balaban J connectivity index is 0.000000275. The van der Waals surface area contributed by atoms with Gasteiger partial charge in [0.05, 0.1) is 6.61 Å². The van der Waals surface area contributed by atoms with Crippen LogP contribution in [0.15, 0.2) is 95.2 Å². The molecule has 4 aromatic rings. The number of aliphatic hydroxyl groups excluding tert-OH is 1. The van der Waals surface area contributed by atoms with Gasteiger partial charge in [0.1, 0.15) is 20.8 Å². The summed E-state index contributed by atoms with van der Waals surface area (Å²) in [7, 11) is 5.74. The summed E-state index contributed by atoms with van der Waals surface area (Å²) in [4.78, 5) is 39.3. The van der Waals surface area contributed by atoms with Crippen LogP contribution in [0.3, 0.4) is 0 Å². The van der Waals surface area contributed by atoms with Crippen LogP contribution < -0.4 is 15.4 Å². The van der Waals surface area contributed by atoms with Crippen LogP contribution in [0.4, 0.5) is 13.2 Å². The molecule has 0 spiro atoms. The zero-order valence-corrected chi connectivity index (χ0v) is 25.9. The summed E-state index contributed by atoms with van der Waals surface area (Å²) in [6.07, 6.45) is 0. The quantitative estimate of drug-likeness (QED) is 0.133. The van der Waals surface area contributed by atoms with E-state index in [1.165, 1.54) is 46.5 Å². The summed E-state index contributed by atoms with van der Waals surface area (Å²) >= 11 is 0. The Morgan fingerprint density at radius 3 is 1.55 bits per heavy atom. The molecule has 0 saturated heterocycles. The number of carbonyl (C=O) groups excluding carboxylic acids is 2. The third kappa shape index (κ3) is 12.2. The van der Waals surface area contributed by atoms with Gasteiger partial charge in [0.15, 0.2) is 11.4 Å². The molecule has 15 heteroatoms. The second-order valence-corrected chi connectivity index (χ2v) is 8.75. The van der Waals surface area contributed by atoms with Crippen LogP contribution in [0.25, 0.3) is 0 Å². The normalized spacial score (nSPS) is 10.7. The number of rotatable bonds is 10. The van der Waals surface area contributed by atoms with Gasteiger partial charge in [0.2, 0.25) is 23.7 Å². The number of likely N-dealkylation sites (N-methyl/N-ethyl adjacent to an activating group) is 2. The lowest BCUT2D eigenvalue weighted by Crippen LogP contribution is -2.29. The molecular formula is C32H33F3N6O6. The maximum Gasteiger partial charge on any atom is 0.273 e. The van der Waals surface area contributed by atoms with E-state index in [0.717, 1.165) is 12.1 Å². The highest BCUT2D eigenvalue weighted by molar-refractivity contribution is 6.46. The van der Waals surface area contributed by atoms with E-state index in [1.54, 1.807) is 54.6 Å². The number of amides is 2. The molecule has 0 atom stereocenters. The molecule has 248 valence electrons. The van der Waals surface area contributed by atoms with Crippen molar-refractivity contribution in [3.8, 4) is 5.88 Å². The minimum Gasteiger partial charge on any atom is -0.473 e. The molecule has 0 saturated carbocycles. The largest absolute Gasteiger partial charge is 0.473 e. The predicted molar refractivity (Wildman–Crippen MR) is 167 cm³/mol. The zero-order chi connectivity index (χ0) is 34.6. The van der Waals surface area contributed by atoms with E-state index in [1.807, 2.05) is 0 Å². The van der Waals surface area contributed by atoms with Gasteiger partial charge >= 0.3 is 0 Å². The van der Waals surface area contributed by atoms with Gasteiger partial charge < -0.3 is 30.2 Å². The lowest BCUT2D eigenvalue weighted by Gasteiger charge is -2.11. The summed E-state index contributed by atoms with van der Waals surface area (Å²) < 4.78 is 42.2. The van der Waals surface area contributed by atoms with Crippen molar-refractivity contribution in [3.63, 3.8) is 0 Å². The number of nitrogens with one attached hydrogen (secondary N) is 2. The minimum absolute atomic E-state index is 0.104. The molecule has 2 heterocycles. The Morgan fingerprint density at radius 2 is 1.13 bits per heavy atom. The number of benzene rings is 2. The monoisotopic (exact) mass is 654 g/mol. The fourth-order valence-corrected chi connectivity index (χ4v) is 3.62. The van der Waals surface area contributed by atoms with Crippen molar-refractivity contribution in [2.45, 2.75) is 13.2 Å². The number of hydrogen-bond donors (Lipinski definition) is 3. The van der Waals surface area contributed by atoms with Crippen molar-refractivity contribution < 1.29 is 42.3 Å². The van der Waals surface area contributed by atoms with Gasteiger partial charge in [-0.25, -0.2) is 0 Å². The molecule has 3 N–H and O–H groups in total. The third-order valence-corrected chi connectivity index (χ3v) is 5.71. The Bertz CT molecular complexity index is 1650. The highest BCUT2D eigenvalue weighted by Gasteiger charge is 2.18. The standard InChI is InChI=1S/C16H16FN3O3.C11H14N2O3.C5H3F2N/c1-18-16(21)15(20-22-2)12-7-4-3-6-11(12)10-23-14-9-5-8-13(17)19-14;1-12-11(15)10(13-16-2)9-6-4-3-5-8(9)7-14;6-4-2-1-3-5(7)8-4/h3-9H,10H2,1-2H3,(H,18,21);3-6,14H,7H2,1-2H3,(H,12,15);1-3H/b20-15+;13-10+;. The first-order valence-electron chi connectivity index (χ1n) is 13.7. The SMILES string of the molecule is CNC(=O)/C(=N/OC)c1ccccc1CO.CNC(=O)/C(=N/OC)c1ccccc1COc1cccc(F)n1.Fc1cccc(F)n1. The zero-order valence-electron chi connectivity index (χ0n) is 25.9. The smallest absolute Gasteiger partial charge is 0.273 e. The van der Waals surface area contributed by atoms with E-state index in [2.05, 4.69) is 35.8 Å². The number of nitrogens with zero attached hydrogens (tertiary/aromatic N) is 4. The van der Waals surface area contributed by atoms with E-state index in [9.17, 15) is 22.8 Å². The van der Waals surface area contributed by atoms with Crippen molar-refractivity contribution in [2.24, 2.45) is 10.3 Å². The second-order valence-electron chi connectivity index (χ2n) is 8.75. The van der Waals surface area contributed by atoms with Crippen LogP contribution in [-0.4, -0.2) is 66.6 Å². The Hall–Kier alpha value is -5.83. The number of pyridine rings is 2. The van der Waals surface area contributed by atoms with Gasteiger partial charge in [-0.1, -0.05) is 71.0 Å². The van der Waals surface area contributed by atoms with Crippen molar-refractivity contribution >= 4 is 23.2 Å². The van der Waals surface area contributed by atoms with Gasteiger partial charge in [-0.3, -0.25) is 9.59 Å². The summed E-state index contributed by atoms with van der Waals surface area (Å²) in [5.74, 6) is -2.78. The molecule has 0 fully saturated rings. The average molecular weight is 655 g/mol. The third-order valence-electron chi connectivity index (χ3n) is 5.71. The van der Waals surface area contributed by atoms with Gasteiger partial charge in [0, 0.05) is 31.3 Å². The van der Waals surface area contributed by atoms with Crippen LogP contribution in [0, 0.1) is 17.8 Å². The molecule has 0 aliphatic heterocycles. The topological polar surface area (TPSA) is 157 Å². The highest BCUT2D eigenvalue weighted by atomic mass is 19.1. The highest BCUT2D eigenvalue weighted by Crippen LogP contribution is 2.15. The molecule has 2 aromatic carbocycles. The van der Waals surface area contributed by atoms with Gasteiger partial charge in [-0.15, -0.1) is 0 Å². The lowest BCUT2D eigenvalue weighted by atomic mass is 10.0. The van der Waals surface area contributed by atoms with Gasteiger partial charge in [-0.2, -0.15) is 23.1 Å². The molecule has 0 bridgehead atoms. The molecule has 0 aliphatic carbocycles. The maximum atomic E-state index is 13.1. The molecule has 4 rings (SSSR count). The van der Waals surface area contributed by atoms with Crippen molar-refractivity contribution in [1.29, 1.82) is 0 Å². The van der Waals surface area contributed by atoms with Gasteiger partial charge in [-0.05, 0) is 29.3 Å². The Labute approximate surface area is 268 Å². The van der Waals surface area contributed by atoms with Crippen LogP contribution in [0.2, 0.25) is 0 Å². The van der Waals surface area contributed by atoms with Crippen molar-refractivity contribution in [1.82, 2.24) is 20.6 Å². The fraction of sp³-hybridized carbons (Fsp3) is 0.188. The minimum atomic E-state index is -0.787. The Kier molecular flexibility index (Phi) is 16.1. The number of oxime groups is 2. The molecular weight excluding hydrogens is 621 g/mol. The Morgan fingerprint density at radius 1 is 0.681 bits per heavy atom. The molecule has 0 radical (unpaired) electrons.